The first-order valence-electron chi connectivity index (χ1n) is 8.04. The molecule has 1 N–H and O–H groups in total. The molecule has 2 aromatic rings. The van der Waals surface area contributed by atoms with Crippen LogP contribution in [0.15, 0.2) is 28.7 Å². The van der Waals surface area contributed by atoms with Crippen molar-refractivity contribution in [1.82, 2.24) is 0 Å². The molecule has 0 amide bonds. The van der Waals surface area contributed by atoms with Crippen LogP contribution >= 0.6 is 0 Å². The Balaban J connectivity index is 2.09. The lowest BCUT2D eigenvalue weighted by Gasteiger charge is -2.45. The van der Waals surface area contributed by atoms with Crippen LogP contribution in [0.4, 0.5) is 0 Å². The van der Waals surface area contributed by atoms with Crippen LogP contribution in [0.25, 0.3) is 11.0 Å². The maximum atomic E-state index is 11.4. The molecule has 1 aromatic carbocycles. The summed E-state index contributed by atoms with van der Waals surface area (Å²) in [6.07, 6.45) is 4.13. The third-order valence-corrected chi connectivity index (χ3v) is 5.02. The van der Waals surface area contributed by atoms with Gasteiger partial charge in [0.1, 0.15) is 16.9 Å². The molecule has 1 aliphatic rings. The molecule has 0 spiro atoms. The van der Waals surface area contributed by atoms with E-state index in [-0.39, 0.29) is 11.3 Å². The molecule has 1 saturated carbocycles. The molecule has 0 saturated heterocycles. The van der Waals surface area contributed by atoms with Gasteiger partial charge in [0.15, 0.2) is 0 Å². The van der Waals surface area contributed by atoms with Crippen LogP contribution in [0, 0.1) is 18.3 Å². The van der Waals surface area contributed by atoms with Crippen LogP contribution in [0.5, 0.6) is 0 Å². The minimum atomic E-state index is -0.830. The van der Waals surface area contributed by atoms with Crippen molar-refractivity contribution >= 4 is 11.0 Å². The molecule has 1 fully saturated rings. The highest BCUT2D eigenvalue weighted by molar-refractivity contribution is 5.78. The van der Waals surface area contributed by atoms with E-state index in [1.165, 1.54) is 12.0 Å². The molecule has 1 aliphatic carbocycles. The van der Waals surface area contributed by atoms with Crippen molar-refractivity contribution < 1.29 is 9.52 Å². The predicted octanol–water partition coefficient (Wildman–Crippen LogP) is 5.17. The van der Waals surface area contributed by atoms with Gasteiger partial charge in [-0.2, -0.15) is 0 Å². The summed E-state index contributed by atoms with van der Waals surface area (Å²) in [4.78, 5) is 0. The predicted molar refractivity (Wildman–Crippen MR) is 86.3 cm³/mol. The maximum absolute atomic E-state index is 11.4. The van der Waals surface area contributed by atoms with Crippen molar-refractivity contribution in [3.05, 3.63) is 35.6 Å². The highest BCUT2D eigenvalue weighted by atomic mass is 16.4. The third-order valence-electron chi connectivity index (χ3n) is 5.02. The van der Waals surface area contributed by atoms with E-state index in [1.54, 1.807) is 0 Å². The molecule has 0 radical (unpaired) electrons. The first-order chi connectivity index (χ1) is 9.80. The maximum Gasteiger partial charge on any atom is 0.137 e. The van der Waals surface area contributed by atoms with E-state index in [2.05, 4.69) is 39.8 Å². The minimum Gasteiger partial charge on any atom is -0.458 e. The largest absolute Gasteiger partial charge is 0.458 e. The normalized spacial score (nSPS) is 27.2. The molecule has 3 rings (SSSR count). The molecule has 2 atom stereocenters. The van der Waals surface area contributed by atoms with Gasteiger partial charge in [-0.3, -0.25) is 0 Å². The Bertz CT molecular complexity index is 647. The highest BCUT2D eigenvalue weighted by Gasteiger charge is 2.48. The van der Waals surface area contributed by atoms with E-state index < -0.39 is 5.60 Å². The lowest BCUT2D eigenvalue weighted by atomic mass is 9.63. The summed E-state index contributed by atoms with van der Waals surface area (Å²) in [6.45, 7) is 8.75. The Hall–Kier alpha value is -1.28. The summed E-state index contributed by atoms with van der Waals surface area (Å²) in [5, 5.41) is 12.5. The first kappa shape index (κ1) is 14.6. The molecule has 21 heavy (non-hydrogen) atoms. The number of rotatable bonds is 1. The number of fused-ring (bicyclic) bond motifs is 1. The molecular weight excluding hydrogens is 260 g/mol. The first-order valence-corrected chi connectivity index (χ1v) is 8.04. The fourth-order valence-electron chi connectivity index (χ4n) is 3.98. The Morgan fingerprint density at radius 2 is 1.95 bits per heavy atom. The number of hydrogen-bond acceptors (Lipinski definition) is 2. The second kappa shape index (κ2) is 4.88. The third kappa shape index (κ3) is 2.50. The monoisotopic (exact) mass is 286 g/mol. The number of aliphatic hydroxyl groups is 1. The quantitative estimate of drug-likeness (QED) is 0.785. The topological polar surface area (TPSA) is 33.4 Å². The van der Waals surface area contributed by atoms with Crippen molar-refractivity contribution in [3.63, 3.8) is 0 Å². The van der Waals surface area contributed by atoms with Crippen LogP contribution < -0.4 is 0 Å². The molecule has 2 nitrogen and oxygen atoms in total. The SMILES string of the molecule is Cc1ccc2oc(C3(O)CCCCC3C(C)(C)C)cc2c1. The van der Waals surface area contributed by atoms with E-state index in [9.17, 15) is 5.11 Å². The van der Waals surface area contributed by atoms with Crippen molar-refractivity contribution in [2.45, 2.75) is 59.0 Å². The van der Waals surface area contributed by atoms with Crippen molar-refractivity contribution in [1.29, 1.82) is 0 Å². The summed E-state index contributed by atoms with van der Waals surface area (Å²) >= 11 is 0. The van der Waals surface area contributed by atoms with E-state index >= 15 is 0 Å². The summed E-state index contributed by atoms with van der Waals surface area (Å²) in [7, 11) is 0. The van der Waals surface area contributed by atoms with Gasteiger partial charge in [0, 0.05) is 5.39 Å². The molecule has 0 aliphatic heterocycles. The Kier molecular flexibility index (Phi) is 3.40. The average molecular weight is 286 g/mol. The molecular formula is C19H26O2. The van der Waals surface area contributed by atoms with Crippen LogP contribution in [0.3, 0.4) is 0 Å². The van der Waals surface area contributed by atoms with Gasteiger partial charge < -0.3 is 9.52 Å². The average Bonchev–Trinajstić information content (AvgIpc) is 2.81. The summed E-state index contributed by atoms with van der Waals surface area (Å²) in [6, 6.07) is 8.24. The second-order valence-corrected chi connectivity index (χ2v) is 7.74. The van der Waals surface area contributed by atoms with E-state index in [0.717, 1.165) is 36.0 Å². The summed E-state index contributed by atoms with van der Waals surface area (Å²) < 4.78 is 6.04. The zero-order chi connectivity index (χ0) is 15.3. The fourth-order valence-corrected chi connectivity index (χ4v) is 3.98. The van der Waals surface area contributed by atoms with Crippen molar-refractivity contribution in [2.24, 2.45) is 11.3 Å². The van der Waals surface area contributed by atoms with Crippen molar-refractivity contribution in [3.8, 4) is 0 Å². The second-order valence-electron chi connectivity index (χ2n) is 7.74. The highest BCUT2D eigenvalue weighted by Crippen LogP contribution is 2.50. The molecule has 0 bridgehead atoms. The van der Waals surface area contributed by atoms with Crippen LogP contribution in [0.1, 0.15) is 57.8 Å². The van der Waals surface area contributed by atoms with Gasteiger partial charge in [-0.1, -0.05) is 45.2 Å². The zero-order valence-corrected chi connectivity index (χ0v) is 13.6. The van der Waals surface area contributed by atoms with Crippen LogP contribution in [0.2, 0.25) is 0 Å². The number of hydrogen-bond donors (Lipinski definition) is 1. The van der Waals surface area contributed by atoms with Gasteiger partial charge >= 0.3 is 0 Å². The molecule has 2 unspecified atom stereocenters. The standard InChI is InChI=1S/C19H26O2/c1-13-8-9-15-14(11-13)12-17(21-15)19(20)10-6-5-7-16(19)18(2,3)4/h8-9,11-12,16,20H,5-7,10H2,1-4H3. The van der Waals surface area contributed by atoms with E-state index in [1.807, 2.05) is 12.1 Å². The number of furan rings is 1. The van der Waals surface area contributed by atoms with E-state index in [4.69, 9.17) is 4.42 Å². The lowest BCUT2D eigenvalue weighted by Crippen LogP contribution is -2.44. The molecule has 2 heteroatoms. The smallest absolute Gasteiger partial charge is 0.137 e. The van der Waals surface area contributed by atoms with Crippen LogP contribution in [-0.4, -0.2) is 5.11 Å². The Labute approximate surface area is 127 Å². The number of benzene rings is 1. The molecule has 1 heterocycles. The van der Waals surface area contributed by atoms with Gasteiger partial charge in [0.2, 0.25) is 0 Å². The van der Waals surface area contributed by atoms with Gasteiger partial charge in [-0.05, 0) is 49.3 Å². The van der Waals surface area contributed by atoms with Crippen LogP contribution in [-0.2, 0) is 5.60 Å². The zero-order valence-electron chi connectivity index (χ0n) is 13.6. The summed E-state index contributed by atoms with van der Waals surface area (Å²) in [5.41, 5.74) is 1.34. The minimum absolute atomic E-state index is 0.0735. The van der Waals surface area contributed by atoms with Gasteiger partial charge in [-0.15, -0.1) is 0 Å². The van der Waals surface area contributed by atoms with Gasteiger partial charge in [0.25, 0.3) is 0 Å². The fraction of sp³-hybridized carbons (Fsp3) is 0.579. The summed E-state index contributed by atoms with van der Waals surface area (Å²) in [5.74, 6) is 0.989. The Morgan fingerprint density at radius 1 is 1.19 bits per heavy atom. The van der Waals surface area contributed by atoms with Crippen molar-refractivity contribution in [2.75, 3.05) is 0 Å². The molecule has 114 valence electrons. The molecule has 1 aromatic heterocycles. The van der Waals surface area contributed by atoms with E-state index in [0.29, 0.717) is 0 Å². The number of aryl methyl sites for hydroxylation is 1. The van der Waals surface area contributed by atoms with Gasteiger partial charge in [-0.25, -0.2) is 0 Å². The lowest BCUT2D eigenvalue weighted by molar-refractivity contribution is -0.108. The van der Waals surface area contributed by atoms with Gasteiger partial charge in [0.05, 0.1) is 0 Å². The Morgan fingerprint density at radius 3 is 2.67 bits per heavy atom.